The highest BCUT2D eigenvalue weighted by Crippen LogP contribution is 1.84. The number of Topliss-reactive ketones (excluding diaryl/α,β-unsaturated/α-hetero) is 1. The minimum absolute atomic E-state index is 0.0648. The average molecular weight is 184 g/mol. The number of ketones is 1. The first-order valence-electron chi connectivity index (χ1n) is 3.91. The molecule has 0 spiro atoms. The van der Waals surface area contributed by atoms with Gasteiger partial charge in [0, 0.05) is 6.08 Å². The van der Waals surface area contributed by atoms with E-state index in [1.54, 1.807) is 13.8 Å². The van der Waals surface area contributed by atoms with E-state index in [1.807, 2.05) is 0 Å². The van der Waals surface area contributed by atoms with Crippen molar-refractivity contribution in [3.05, 3.63) is 24.8 Å². The highest BCUT2D eigenvalue weighted by atomic mass is 16.5. The molecule has 0 aliphatic carbocycles. The van der Waals surface area contributed by atoms with Gasteiger partial charge in [0.1, 0.15) is 0 Å². The van der Waals surface area contributed by atoms with Crippen molar-refractivity contribution in [2.75, 3.05) is 6.61 Å². The van der Waals surface area contributed by atoms with Crippen molar-refractivity contribution in [1.82, 2.24) is 0 Å². The molecule has 0 N–H and O–H groups in total. The molecule has 0 saturated carbocycles. The number of hydrogen-bond donors (Lipinski definition) is 0. The molecule has 0 amide bonds. The van der Waals surface area contributed by atoms with Crippen molar-refractivity contribution in [3.63, 3.8) is 0 Å². The second kappa shape index (κ2) is 8.71. The number of allylic oxidation sites excluding steroid dienone is 1. The maximum absolute atomic E-state index is 10.1. The zero-order valence-corrected chi connectivity index (χ0v) is 8.42. The largest absolute Gasteiger partial charge is 0.463 e. The summed E-state index contributed by atoms with van der Waals surface area (Å²) in [4.78, 5) is 20.1. The number of rotatable bonds is 3. The van der Waals surface area contributed by atoms with Gasteiger partial charge in [0.25, 0.3) is 0 Å². The zero-order valence-electron chi connectivity index (χ0n) is 8.42. The molecule has 0 atom stereocenters. The first-order valence-corrected chi connectivity index (χ1v) is 3.91. The van der Waals surface area contributed by atoms with E-state index < -0.39 is 0 Å². The third-order valence-corrected chi connectivity index (χ3v) is 1.05. The highest BCUT2D eigenvalue weighted by Gasteiger charge is 1.86. The van der Waals surface area contributed by atoms with Crippen LogP contribution in [0.15, 0.2) is 24.8 Å². The Morgan fingerprint density at radius 3 is 1.85 bits per heavy atom. The molecule has 0 bridgehead atoms. The van der Waals surface area contributed by atoms with E-state index >= 15 is 0 Å². The molecule has 0 aliphatic rings. The predicted molar refractivity (Wildman–Crippen MR) is 52.3 cm³/mol. The van der Waals surface area contributed by atoms with E-state index in [1.165, 1.54) is 6.92 Å². The number of esters is 1. The Balaban J connectivity index is 0. The van der Waals surface area contributed by atoms with Crippen molar-refractivity contribution >= 4 is 11.8 Å². The van der Waals surface area contributed by atoms with Crippen LogP contribution in [0, 0.1) is 0 Å². The molecular formula is C10H16O3. The Bertz CT molecular complexity index is 192. The molecule has 0 unspecified atom stereocenters. The third kappa shape index (κ3) is 13.6. The number of ether oxygens (including phenoxy) is 1. The summed E-state index contributed by atoms with van der Waals surface area (Å²) in [6.07, 6.45) is 1.14. The van der Waals surface area contributed by atoms with E-state index in [-0.39, 0.29) is 11.8 Å². The Labute approximate surface area is 79.1 Å². The molecule has 0 heterocycles. The van der Waals surface area contributed by atoms with Crippen LogP contribution in [0.4, 0.5) is 0 Å². The molecule has 0 aliphatic heterocycles. The Kier molecular flexibility index (Phi) is 9.49. The predicted octanol–water partition coefficient (Wildman–Crippen LogP) is 1.89. The fourth-order valence-electron chi connectivity index (χ4n) is 0.201. The summed E-state index contributed by atoms with van der Waals surface area (Å²) in [5, 5.41) is 0. The fourth-order valence-corrected chi connectivity index (χ4v) is 0.201. The van der Waals surface area contributed by atoms with Crippen molar-refractivity contribution < 1.29 is 14.3 Å². The van der Waals surface area contributed by atoms with Gasteiger partial charge in [-0.05, 0) is 26.3 Å². The van der Waals surface area contributed by atoms with Crippen molar-refractivity contribution in [3.8, 4) is 0 Å². The van der Waals surface area contributed by atoms with E-state index in [2.05, 4.69) is 17.9 Å². The molecule has 3 nitrogen and oxygen atoms in total. The lowest BCUT2D eigenvalue weighted by atomic mass is 10.3. The molecule has 0 aromatic heterocycles. The van der Waals surface area contributed by atoms with Gasteiger partial charge >= 0.3 is 5.97 Å². The Hall–Kier alpha value is -1.38. The Morgan fingerprint density at radius 2 is 1.77 bits per heavy atom. The molecule has 13 heavy (non-hydrogen) atoms. The fraction of sp³-hybridized carbons (Fsp3) is 0.400. The third-order valence-electron chi connectivity index (χ3n) is 1.05. The number of carbonyl (C=O) groups excluding carboxylic acids is 2. The molecule has 0 aromatic carbocycles. The van der Waals surface area contributed by atoms with Crippen molar-refractivity contribution in [2.45, 2.75) is 20.8 Å². The lowest BCUT2D eigenvalue weighted by Crippen LogP contribution is -1.97. The van der Waals surface area contributed by atoms with Gasteiger partial charge in [-0.25, -0.2) is 4.79 Å². The van der Waals surface area contributed by atoms with Gasteiger partial charge in [0.05, 0.1) is 6.61 Å². The van der Waals surface area contributed by atoms with Crippen LogP contribution in [0.25, 0.3) is 0 Å². The second-order valence-corrected chi connectivity index (χ2v) is 2.29. The standard InChI is InChI=1S/C5H8O2.C5H8O/c1-3-5(6)7-4-2;1-4(2)5(3)6/h3H,1,4H2,2H3;1H2,2-3H3. The van der Waals surface area contributed by atoms with Crippen molar-refractivity contribution in [1.29, 1.82) is 0 Å². The van der Waals surface area contributed by atoms with Gasteiger partial charge in [0.2, 0.25) is 0 Å². The van der Waals surface area contributed by atoms with Crippen LogP contribution in [0.2, 0.25) is 0 Å². The normalized spacial score (nSPS) is 7.62. The van der Waals surface area contributed by atoms with Gasteiger partial charge in [-0.2, -0.15) is 0 Å². The first kappa shape index (κ1) is 14.2. The molecule has 0 radical (unpaired) electrons. The topological polar surface area (TPSA) is 43.4 Å². The van der Waals surface area contributed by atoms with E-state index in [9.17, 15) is 9.59 Å². The summed E-state index contributed by atoms with van der Waals surface area (Å²) in [7, 11) is 0. The van der Waals surface area contributed by atoms with Crippen LogP contribution in [0.5, 0.6) is 0 Å². The minimum atomic E-state index is -0.359. The summed E-state index contributed by atoms with van der Waals surface area (Å²) in [5.41, 5.74) is 0.620. The van der Waals surface area contributed by atoms with E-state index in [0.29, 0.717) is 12.2 Å². The molecule has 0 aromatic rings. The van der Waals surface area contributed by atoms with Crippen LogP contribution in [0.1, 0.15) is 20.8 Å². The smallest absolute Gasteiger partial charge is 0.330 e. The summed E-state index contributed by atoms with van der Waals surface area (Å²) >= 11 is 0. The van der Waals surface area contributed by atoms with Gasteiger partial charge in [-0.1, -0.05) is 13.2 Å². The van der Waals surface area contributed by atoms with Gasteiger partial charge in [-0.3, -0.25) is 4.79 Å². The lowest BCUT2D eigenvalue weighted by Gasteiger charge is -1.90. The molecule has 3 heteroatoms. The van der Waals surface area contributed by atoms with Crippen LogP contribution in [-0.2, 0) is 14.3 Å². The van der Waals surface area contributed by atoms with Crippen LogP contribution < -0.4 is 0 Å². The van der Waals surface area contributed by atoms with Crippen molar-refractivity contribution in [2.24, 2.45) is 0 Å². The quantitative estimate of drug-likeness (QED) is 0.497. The van der Waals surface area contributed by atoms with Gasteiger partial charge in [-0.15, -0.1) is 0 Å². The lowest BCUT2D eigenvalue weighted by molar-refractivity contribution is -0.137. The van der Waals surface area contributed by atoms with E-state index in [0.717, 1.165) is 6.08 Å². The maximum Gasteiger partial charge on any atom is 0.330 e. The monoisotopic (exact) mass is 184 g/mol. The summed E-state index contributed by atoms with van der Waals surface area (Å²) in [6.45, 7) is 12.0. The van der Waals surface area contributed by atoms with Crippen LogP contribution in [-0.4, -0.2) is 18.4 Å². The van der Waals surface area contributed by atoms with Crippen LogP contribution >= 0.6 is 0 Å². The highest BCUT2D eigenvalue weighted by molar-refractivity contribution is 5.91. The zero-order chi connectivity index (χ0) is 10.9. The summed E-state index contributed by atoms with van der Waals surface area (Å²) in [5.74, 6) is -0.294. The Morgan fingerprint density at radius 1 is 1.38 bits per heavy atom. The first-order chi connectivity index (χ1) is 5.95. The minimum Gasteiger partial charge on any atom is -0.463 e. The molecular weight excluding hydrogens is 168 g/mol. The summed E-state index contributed by atoms with van der Waals surface area (Å²) in [6, 6.07) is 0. The van der Waals surface area contributed by atoms with E-state index in [4.69, 9.17) is 0 Å². The number of hydrogen-bond acceptors (Lipinski definition) is 3. The number of carbonyl (C=O) groups is 2. The second-order valence-electron chi connectivity index (χ2n) is 2.29. The summed E-state index contributed by atoms with van der Waals surface area (Å²) < 4.78 is 4.43. The average Bonchev–Trinajstić information content (AvgIpc) is 2.05. The van der Waals surface area contributed by atoms with Gasteiger partial charge < -0.3 is 4.74 Å². The van der Waals surface area contributed by atoms with Gasteiger partial charge in [0.15, 0.2) is 5.78 Å². The SMILES string of the molecule is C=C(C)C(C)=O.C=CC(=O)OCC. The molecule has 0 rings (SSSR count). The molecule has 74 valence electrons. The van der Waals surface area contributed by atoms with Crippen LogP contribution in [0.3, 0.4) is 0 Å². The molecule has 0 saturated heterocycles. The molecule has 0 fully saturated rings. The maximum atomic E-state index is 10.1.